The molecule has 1 N–H and O–H groups in total. The summed E-state index contributed by atoms with van der Waals surface area (Å²) in [5, 5.41) is 7.93. The van der Waals surface area contributed by atoms with Gasteiger partial charge in [-0.15, -0.1) is 0 Å². The van der Waals surface area contributed by atoms with Gasteiger partial charge in [-0.05, 0) is 32.1 Å². The Bertz CT molecular complexity index is 353. The predicted octanol–water partition coefficient (Wildman–Crippen LogP) is 3.14. The fourth-order valence-electron chi connectivity index (χ4n) is 3.05. The first-order valence-corrected chi connectivity index (χ1v) is 7.91. The zero-order valence-corrected chi connectivity index (χ0v) is 12.4. The molecule has 0 amide bonds. The van der Waals surface area contributed by atoms with E-state index in [9.17, 15) is 0 Å². The second-order valence-electron chi connectivity index (χ2n) is 5.82. The number of rotatable bonds is 6. The van der Waals surface area contributed by atoms with Gasteiger partial charge in [0, 0.05) is 12.6 Å². The predicted molar refractivity (Wildman–Crippen MR) is 77.8 cm³/mol. The first kappa shape index (κ1) is 14.5. The van der Waals surface area contributed by atoms with E-state index in [1.54, 1.807) is 6.33 Å². The zero-order chi connectivity index (χ0) is 13.5. The van der Waals surface area contributed by atoms with Crippen LogP contribution in [-0.2, 0) is 13.1 Å². The summed E-state index contributed by atoms with van der Waals surface area (Å²) < 4.78 is 2.02. The van der Waals surface area contributed by atoms with Crippen molar-refractivity contribution in [3.63, 3.8) is 0 Å². The average molecular weight is 264 g/mol. The Labute approximate surface area is 117 Å². The molecule has 0 spiro atoms. The highest BCUT2D eigenvalue weighted by Crippen LogP contribution is 2.25. The largest absolute Gasteiger partial charge is 0.307 e. The van der Waals surface area contributed by atoms with Gasteiger partial charge in [-0.25, -0.2) is 9.67 Å². The lowest BCUT2D eigenvalue weighted by Gasteiger charge is -2.23. The SMILES string of the molecule is CCCn1ncnc1CN[C@H](C)C1CCCCCC1. The molecule has 4 heteroatoms. The highest BCUT2D eigenvalue weighted by atomic mass is 15.3. The van der Waals surface area contributed by atoms with Crippen molar-refractivity contribution < 1.29 is 0 Å². The molecule has 0 aromatic carbocycles. The summed E-state index contributed by atoms with van der Waals surface area (Å²) in [4.78, 5) is 4.36. The van der Waals surface area contributed by atoms with Gasteiger partial charge in [0.2, 0.25) is 0 Å². The van der Waals surface area contributed by atoms with E-state index in [2.05, 4.69) is 29.2 Å². The van der Waals surface area contributed by atoms with Gasteiger partial charge in [0.25, 0.3) is 0 Å². The van der Waals surface area contributed by atoms with Crippen molar-refractivity contribution in [2.45, 2.75) is 77.9 Å². The number of hydrogen-bond donors (Lipinski definition) is 1. The topological polar surface area (TPSA) is 42.7 Å². The van der Waals surface area contributed by atoms with Gasteiger partial charge in [0.15, 0.2) is 0 Å². The molecule has 1 aromatic heterocycles. The quantitative estimate of drug-likeness (QED) is 0.803. The van der Waals surface area contributed by atoms with Crippen molar-refractivity contribution in [1.82, 2.24) is 20.1 Å². The van der Waals surface area contributed by atoms with E-state index < -0.39 is 0 Å². The van der Waals surface area contributed by atoms with Crippen molar-refractivity contribution in [1.29, 1.82) is 0 Å². The van der Waals surface area contributed by atoms with Crippen LogP contribution in [0, 0.1) is 5.92 Å². The van der Waals surface area contributed by atoms with Gasteiger partial charge >= 0.3 is 0 Å². The van der Waals surface area contributed by atoms with Crippen molar-refractivity contribution in [2.75, 3.05) is 0 Å². The van der Waals surface area contributed by atoms with E-state index in [0.29, 0.717) is 6.04 Å². The minimum Gasteiger partial charge on any atom is -0.307 e. The maximum atomic E-state index is 4.36. The highest BCUT2D eigenvalue weighted by Gasteiger charge is 2.19. The van der Waals surface area contributed by atoms with Crippen molar-refractivity contribution in [2.24, 2.45) is 5.92 Å². The molecule has 2 rings (SSSR count). The molecular weight excluding hydrogens is 236 g/mol. The third-order valence-corrected chi connectivity index (χ3v) is 4.32. The van der Waals surface area contributed by atoms with Crippen LogP contribution < -0.4 is 5.32 Å². The van der Waals surface area contributed by atoms with Gasteiger partial charge in [-0.1, -0.05) is 32.6 Å². The molecule has 1 saturated carbocycles. The first-order valence-electron chi connectivity index (χ1n) is 7.91. The third-order valence-electron chi connectivity index (χ3n) is 4.32. The Kier molecular flexibility index (Phi) is 5.83. The van der Waals surface area contributed by atoms with E-state index in [-0.39, 0.29) is 0 Å². The lowest BCUT2D eigenvalue weighted by molar-refractivity contribution is 0.331. The Morgan fingerprint density at radius 1 is 1.32 bits per heavy atom. The standard InChI is InChI=1S/C15H28N4/c1-3-10-19-15(17-12-18-19)11-16-13(2)14-8-6-4-5-7-9-14/h12-14,16H,3-11H2,1-2H3/t13-/m1/s1. The molecule has 1 atom stereocenters. The van der Waals surface area contributed by atoms with Gasteiger partial charge in [-0.2, -0.15) is 5.10 Å². The molecule has 1 fully saturated rings. The summed E-state index contributed by atoms with van der Waals surface area (Å²) >= 11 is 0. The highest BCUT2D eigenvalue weighted by molar-refractivity contribution is 4.86. The minimum absolute atomic E-state index is 0.588. The molecule has 1 aliphatic carbocycles. The van der Waals surface area contributed by atoms with Crippen LogP contribution in [0.25, 0.3) is 0 Å². The van der Waals surface area contributed by atoms with Gasteiger partial charge < -0.3 is 5.32 Å². The van der Waals surface area contributed by atoms with E-state index in [0.717, 1.165) is 31.3 Å². The van der Waals surface area contributed by atoms with Crippen LogP contribution >= 0.6 is 0 Å². The van der Waals surface area contributed by atoms with E-state index in [1.165, 1.54) is 38.5 Å². The zero-order valence-electron chi connectivity index (χ0n) is 12.4. The number of hydrogen-bond acceptors (Lipinski definition) is 3. The smallest absolute Gasteiger partial charge is 0.140 e. The molecule has 108 valence electrons. The maximum absolute atomic E-state index is 4.36. The average Bonchev–Trinajstić information content (AvgIpc) is 2.68. The summed E-state index contributed by atoms with van der Waals surface area (Å²) in [6.45, 7) is 6.32. The van der Waals surface area contributed by atoms with E-state index in [4.69, 9.17) is 0 Å². The summed E-state index contributed by atoms with van der Waals surface area (Å²) in [5.74, 6) is 1.91. The second-order valence-corrected chi connectivity index (χ2v) is 5.82. The van der Waals surface area contributed by atoms with Gasteiger partial charge in [-0.3, -0.25) is 0 Å². The van der Waals surface area contributed by atoms with Crippen LogP contribution in [-0.4, -0.2) is 20.8 Å². The van der Waals surface area contributed by atoms with E-state index in [1.807, 2.05) is 4.68 Å². The number of aromatic nitrogens is 3. The lowest BCUT2D eigenvalue weighted by Crippen LogP contribution is -2.33. The Morgan fingerprint density at radius 3 is 2.74 bits per heavy atom. The normalized spacial score (nSPS) is 19.3. The molecule has 0 radical (unpaired) electrons. The van der Waals surface area contributed by atoms with Crippen LogP contribution in [0.15, 0.2) is 6.33 Å². The molecule has 0 unspecified atom stereocenters. The number of nitrogens with zero attached hydrogens (tertiary/aromatic N) is 3. The van der Waals surface area contributed by atoms with Crippen molar-refractivity contribution >= 4 is 0 Å². The van der Waals surface area contributed by atoms with Crippen molar-refractivity contribution in [3.8, 4) is 0 Å². The van der Waals surface area contributed by atoms with Crippen LogP contribution in [0.2, 0.25) is 0 Å². The van der Waals surface area contributed by atoms with Crippen LogP contribution in [0.5, 0.6) is 0 Å². The Hall–Kier alpha value is -0.900. The molecule has 0 aliphatic heterocycles. The molecule has 1 heterocycles. The summed E-state index contributed by atoms with van der Waals surface area (Å²) in [6.07, 6.45) is 11.2. The third kappa shape index (κ3) is 4.30. The van der Waals surface area contributed by atoms with Crippen molar-refractivity contribution in [3.05, 3.63) is 12.2 Å². The summed E-state index contributed by atoms with van der Waals surface area (Å²) in [7, 11) is 0. The summed E-state index contributed by atoms with van der Waals surface area (Å²) in [6, 6.07) is 0.588. The second kappa shape index (κ2) is 7.63. The molecule has 1 aliphatic rings. The molecule has 0 saturated heterocycles. The molecule has 4 nitrogen and oxygen atoms in total. The molecule has 19 heavy (non-hydrogen) atoms. The Morgan fingerprint density at radius 2 is 2.05 bits per heavy atom. The number of aryl methyl sites for hydroxylation is 1. The monoisotopic (exact) mass is 264 g/mol. The molecular formula is C15H28N4. The van der Waals surface area contributed by atoms with Gasteiger partial charge in [0.05, 0.1) is 6.54 Å². The lowest BCUT2D eigenvalue weighted by atomic mass is 9.93. The molecule has 1 aromatic rings. The maximum Gasteiger partial charge on any atom is 0.140 e. The first-order chi connectivity index (χ1) is 9.31. The van der Waals surface area contributed by atoms with Crippen LogP contribution in [0.3, 0.4) is 0 Å². The van der Waals surface area contributed by atoms with Crippen LogP contribution in [0.1, 0.15) is 64.6 Å². The Balaban J connectivity index is 1.81. The fraction of sp³-hybridized carbons (Fsp3) is 0.867. The minimum atomic E-state index is 0.588. The molecule has 0 bridgehead atoms. The number of nitrogens with one attached hydrogen (secondary N) is 1. The van der Waals surface area contributed by atoms with E-state index >= 15 is 0 Å². The van der Waals surface area contributed by atoms with Crippen LogP contribution in [0.4, 0.5) is 0 Å². The fourth-order valence-corrected chi connectivity index (χ4v) is 3.05. The van der Waals surface area contributed by atoms with Gasteiger partial charge in [0.1, 0.15) is 12.2 Å². The summed E-state index contributed by atoms with van der Waals surface area (Å²) in [5.41, 5.74) is 0.